The molecule has 0 fully saturated rings. The van der Waals surface area contributed by atoms with E-state index >= 15 is 0 Å². The Labute approximate surface area is 150 Å². The fourth-order valence-corrected chi connectivity index (χ4v) is 4.19. The number of aryl methyl sites for hydroxylation is 2. The molecule has 0 spiro atoms. The minimum atomic E-state index is -0.210. The van der Waals surface area contributed by atoms with Crippen molar-refractivity contribution in [2.24, 2.45) is 12.2 Å². The second-order valence-corrected chi connectivity index (χ2v) is 7.01. The van der Waals surface area contributed by atoms with E-state index in [4.69, 9.17) is 4.84 Å². The number of carbonyl (C=O) groups is 1. The quantitative estimate of drug-likeness (QED) is 0.670. The number of fused-ring (bicyclic) bond motifs is 1. The molecule has 0 aliphatic carbocycles. The van der Waals surface area contributed by atoms with E-state index in [1.54, 1.807) is 31.8 Å². The molecule has 2 heterocycles. The van der Waals surface area contributed by atoms with E-state index < -0.39 is 0 Å². The van der Waals surface area contributed by atoms with Gasteiger partial charge in [0.2, 0.25) is 11.7 Å². The smallest absolute Gasteiger partial charge is 0.220 e. The van der Waals surface area contributed by atoms with Crippen LogP contribution in [0.1, 0.15) is 46.1 Å². The van der Waals surface area contributed by atoms with Crippen LogP contribution >= 0.6 is 11.8 Å². The molecule has 7 heteroatoms. The highest BCUT2D eigenvalue weighted by molar-refractivity contribution is 7.99. The summed E-state index contributed by atoms with van der Waals surface area (Å²) in [6.45, 7) is 6.09. The molecular formula is C18H21N3O3S. The number of aromatic hydroxyl groups is 1. The first-order valence-electron chi connectivity index (χ1n) is 8.18. The fraction of sp³-hybridized carbons (Fsp3) is 0.389. The second kappa shape index (κ2) is 6.92. The summed E-state index contributed by atoms with van der Waals surface area (Å²) >= 11 is 1.72. The van der Waals surface area contributed by atoms with E-state index in [0.717, 1.165) is 33.9 Å². The standard InChI is InChI=1S/C18H21N3O3S/c1-5-24-20-14-8-9-25-17-10(2)12(6-7-13(14)17)16(22)15-11(3)19-21(4)18(15)23/h6-7,23H,5,8-9H2,1-4H3/b20-14+. The summed E-state index contributed by atoms with van der Waals surface area (Å²) in [7, 11) is 1.62. The third-order valence-corrected chi connectivity index (χ3v) is 5.49. The third kappa shape index (κ3) is 3.04. The first kappa shape index (κ1) is 17.5. The van der Waals surface area contributed by atoms with Gasteiger partial charge in [0, 0.05) is 35.2 Å². The Hall–Kier alpha value is -2.28. The lowest BCUT2D eigenvalue weighted by atomic mass is 9.95. The largest absolute Gasteiger partial charge is 0.493 e. The highest BCUT2D eigenvalue weighted by Gasteiger charge is 2.26. The molecule has 1 aromatic heterocycles. The molecule has 1 aliphatic heterocycles. The molecule has 25 heavy (non-hydrogen) atoms. The van der Waals surface area contributed by atoms with E-state index in [9.17, 15) is 9.90 Å². The molecule has 0 amide bonds. The van der Waals surface area contributed by atoms with Crippen molar-refractivity contribution in [1.29, 1.82) is 0 Å². The number of oxime groups is 1. The van der Waals surface area contributed by atoms with Gasteiger partial charge in [-0.25, -0.2) is 4.68 Å². The van der Waals surface area contributed by atoms with Crippen LogP contribution in [-0.4, -0.2) is 38.7 Å². The van der Waals surface area contributed by atoms with E-state index in [0.29, 0.717) is 17.9 Å². The van der Waals surface area contributed by atoms with E-state index in [2.05, 4.69) is 10.3 Å². The first-order valence-corrected chi connectivity index (χ1v) is 9.17. The Morgan fingerprint density at radius 2 is 2.20 bits per heavy atom. The van der Waals surface area contributed by atoms with Crippen molar-refractivity contribution in [2.75, 3.05) is 12.4 Å². The van der Waals surface area contributed by atoms with Crippen LogP contribution in [0, 0.1) is 13.8 Å². The number of rotatable bonds is 4. The first-order chi connectivity index (χ1) is 12.0. The predicted octanol–water partition coefficient (Wildman–Crippen LogP) is 3.21. The normalized spacial score (nSPS) is 15.3. The van der Waals surface area contributed by atoms with Crippen LogP contribution in [0.15, 0.2) is 22.2 Å². The van der Waals surface area contributed by atoms with Gasteiger partial charge in [-0.1, -0.05) is 17.3 Å². The Balaban J connectivity index is 2.07. The summed E-state index contributed by atoms with van der Waals surface area (Å²) in [4.78, 5) is 19.3. The molecule has 1 N–H and O–H groups in total. The number of thioether (sulfide) groups is 1. The molecule has 0 bridgehead atoms. The molecule has 3 rings (SSSR count). The minimum Gasteiger partial charge on any atom is -0.493 e. The lowest BCUT2D eigenvalue weighted by Crippen LogP contribution is -2.14. The van der Waals surface area contributed by atoms with Gasteiger partial charge in [0.25, 0.3) is 0 Å². The maximum atomic E-state index is 13.0. The molecule has 0 radical (unpaired) electrons. The van der Waals surface area contributed by atoms with Crippen LogP contribution in [0.3, 0.4) is 0 Å². The van der Waals surface area contributed by atoms with Gasteiger partial charge in [0.15, 0.2) is 0 Å². The zero-order valence-electron chi connectivity index (χ0n) is 14.8. The summed E-state index contributed by atoms with van der Waals surface area (Å²) in [6.07, 6.45) is 0.840. The molecule has 6 nitrogen and oxygen atoms in total. The Morgan fingerprint density at radius 1 is 1.44 bits per heavy atom. The number of hydrogen-bond acceptors (Lipinski definition) is 6. The van der Waals surface area contributed by atoms with Crippen molar-refractivity contribution in [3.63, 3.8) is 0 Å². The topological polar surface area (TPSA) is 76.7 Å². The van der Waals surface area contributed by atoms with Crippen molar-refractivity contribution in [1.82, 2.24) is 9.78 Å². The van der Waals surface area contributed by atoms with E-state index in [1.165, 1.54) is 4.68 Å². The van der Waals surface area contributed by atoms with Crippen LogP contribution in [-0.2, 0) is 11.9 Å². The van der Waals surface area contributed by atoms with Gasteiger partial charge in [-0.15, -0.1) is 11.8 Å². The van der Waals surface area contributed by atoms with Crippen molar-refractivity contribution in [3.05, 3.63) is 40.1 Å². The Bertz CT molecular complexity index is 871. The lowest BCUT2D eigenvalue weighted by Gasteiger charge is -2.20. The summed E-state index contributed by atoms with van der Waals surface area (Å²) in [6, 6.07) is 3.72. The van der Waals surface area contributed by atoms with Gasteiger partial charge >= 0.3 is 0 Å². The molecule has 2 aromatic rings. The summed E-state index contributed by atoms with van der Waals surface area (Å²) in [5.74, 6) is 0.581. The van der Waals surface area contributed by atoms with Gasteiger partial charge in [-0.2, -0.15) is 5.10 Å². The van der Waals surface area contributed by atoms with Crippen LogP contribution < -0.4 is 0 Å². The predicted molar refractivity (Wildman–Crippen MR) is 97.7 cm³/mol. The average Bonchev–Trinajstić information content (AvgIpc) is 2.85. The van der Waals surface area contributed by atoms with Gasteiger partial charge < -0.3 is 9.94 Å². The molecule has 132 valence electrons. The SMILES string of the molecule is CCO/N=C1\CCSc2c1ccc(C(=O)c1c(C)nn(C)c1O)c2C. The molecule has 0 unspecified atom stereocenters. The maximum absolute atomic E-state index is 13.0. The fourth-order valence-electron chi connectivity index (χ4n) is 3.02. The van der Waals surface area contributed by atoms with Crippen LogP contribution in [0.5, 0.6) is 5.88 Å². The van der Waals surface area contributed by atoms with Gasteiger partial charge in [-0.3, -0.25) is 4.79 Å². The number of hydrogen-bond donors (Lipinski definition) is 1. The van der Waals surface area contributed by atoms with E-state index in [-0.39, 0.29) is 17.2 Å². The molecule has 1 aliphatic rings. The monoisotopic (exact) mass is 359 g/mol. The summed E-state index contributed by atoms with van der Waals surface area (Å²) < 4.78 is 1.32. The van der Waals surface area contributed by atoms with Crippen molar-refractivity contribution >= 4 is 23.3 Å². The number of carbonyl (C=O) groups excluding carboxylic acids is 1. The lowest BCUT2D eigenvalue weighted by molar-refractivity contribution is 0.103. The highest BCUT2D eigenvalue weighted by atomic mass is 32.2. The third-order valence-electron chi connectivity index (χ3n) is 4.27. The van der Waals surface area contributed by atoms with Crippen molar-refractivity contribution < 1.29 is 14.7 Å². The summed E-state index contributed by atoms with van der Waals surface area (Å²) in [5, 5.41) is 18.5. The summed E-state index contributed by atoms with van der Waals surface area (Å²) in [5.41, 5.74) is 4.20. The van der Waals surface area contributed by atoms with Crippen molar-refractivity contribution in [3.8, 4) is 5.88 Å². The second-order valence-electron chi connectivity index (χ2n) is 5.91. The number of ketones is 1. The zero-order chi connectivity index (χ0) is 18.1. The van der Waals surface area contributed by atoms with Gasteiger partial charge in [-0.05, 0) is 26.3 Å². The molecule has 0 saturated heterocycles. The van der Waals surface area contributed by atoms with Crippen LogP contribution in [0.2, 0.25) is 0 Å². The van der Waals surface area contributed by atoms with Crippen LogP contribution in [0.25, 0.3) is 0 Å². The zero-order valence-corrected chi connectivity index (χ0v) is 15.6. The average molecular weight is 359 g/mol. The number of benzene rings is 1. The maximum Gasteiger partial charge on any atom is 0.220 e. The highest BCUT2D eigenvalue weighted by Crippen LogP contribution is 2.36. The van der Waals surface area contributed by atoms with Crippen LogP contribution in [0.4, 0.5) is 0 Å². The van der Waals surface area contributed by atoms with E-state index in [1.807, 2.05) is 19.9 Å². The molecular weight excluding hydrogens is 338 g/mol. The molecule has 1 aromatic carbocycles. The Kier molecular flexibility index (Phi) is 4.85. The van der Waals surface area contributed by atoms with Gasteiger partial charge in [0.1, 0.15) is 12.2 Å². The molecule has 0 saturated carbocycles. The Morgan fingerprint density at radius 3 is 2.84 bits per heavy atom. The number of aromatic nitrogens is 2. The molecule has 0 atom stereocenters. The number of nitrogens with zero attached hydrogens (tertiary/aromatic N) is 3. The van der Waals surface area contributed by atoms with Crippen molar-refractivity contribution in [2.45, 2.75) is 32.1 Å². The van der Waals surface area contributed by atoms with Gasteiger partial charge in [0.05, 0.1) is 11.4 Å². The minimum absolute atomic E-state index is 0.106.